The maximum absolute atomic E-state index is 12.8. The zero-order chi connectivity index (χ0) is 39.2. The van der Waals surface area contributed by atoms with Crippen molar-refractivity contribution in [2.24, 2.45) is 0 Å². The van der Waals surface area contributed by atoms with Crippen LogP contribution in [-0.2, 0) is 21.6 Å². The molecule has 4 aromatic rings. The van der Waals surface area contributed by atoms with Gasteiger partial charge in [0.15, 0.2) is 5.03 Å². The van der Waals surface area contributed by atoms with Crippen LogP contribution in [0.5, 0.6) is 17.5 Å². The highest BCUT2D eigenvalue weighted by Crippen LogP contribution is 2.33. The number of carboxylic acid groups (broad SMARTS) is 1. The number of aromatic carboxylic acids is 1. The van der Waals surface area contributed by atoms with Crippen LogP contribution in [0.3, 0.4) is 0 Å². The molecule has 0 aliphatic carbocycles. The fraction of sp³-hybridized carbons (Fsp3) is 0.276. The molecule has 0 bridgehead atoms. The van der Waals surface area contributed by atoms with E-state index in [9.17, 15) is 36.0 Å². The largest absolute Gasteiger partial charge is 0.481 e. The third-order valence-electron chi connectivity index (χ3n) is 5.92. The van der Waals surface area contributed by atoms with E-state index < -0.39 is 61.6 Å². The molecule has 0 saturated carbocycles. The van der Waals surface area contributed by atoms with Gasteiger partial charge in [0, 0.05) is 11.5 Å². The number of carbonyl (C=O) groups excluding carboxylic acids is 1. The second-order valence-electron chi connectivity index (χ2n) is 10.7. The molecule has 2 amide bonds. The molecule has 0 aliphatic heterocycles. The van der Waals surface area contributed by atoms with Gasteiger partial charge in [-0.3, -0.25) is 5.32 Å². The molecule has 17 nitrogen and oxygen atoms in total. The highest BCUT2D eigenvalue weighted by molar-refractivity contribution is 7.90. The first-order chi connectivity index (χ1) is 24.1. The van der Waals surface area contributed by atoms with Gasteiger partial charge >= 0.3 is 23.9 Å². The summed E-state index contributed by atoms with van der Waals surface area (Å²) in [7, 11) is -2.66. The number of nitrogens with one attached hydrogen (secondary N) is 2. The van der Waals surface area contributed by atoms with Crippen molar-refractivity contribution in [3.8, 4) is 35.5 Å². The summed E-state index contributed by atoms with van der Waals surface area (Å²) >= 11 is 12.2. The number of nitrogens with zero attached hydrogens (tertiary/aromatic N) is 5. The van der Waals surface area contributed by atoms with Crippen LogP contribution in [0.25, 0.3) is 5.69 Å². The molecule has 0 radical (unpaired) electrons. The Balaban J connectivity index is 0.000000294. The topological polar surface area (TPSA) is 227 Å². The van der Waals surface area contributed by atoms with Gasteiger partial charge in [0.25, 0.3) is 10.0 Å². The van der Waals surface area contributed by atoms with Crippen molar-refractivity contribution in [2.45, 2.75) is 37.4 Å². The van der Waals surface area contributed by atoms with Crippen LogP contribution in [-0.4, -0.2) is 71.1 Å². The quantitative estimate of drug-likeness (QED) is 0.198. The number of terminal acetylenes is 1. The predicted octanol–water partition coefficient (Wildman–Crippen LogP) is 4.56. The van der Waals surface area contributed by atoms with Crippen LogP contribution in [0.2, 0.25) is 10.0 Å². The average Bonchev–Trinajstić information content (AvgIpc) is 3.45. The van der Waals surface area contributed by atoms with Gasteiger partial charge in [-0.25, -0.2) is 24.1 Å². The number of urea groups is 1. The van der Waals surface area contributed by atoms with Gasteiger partial charge in [-0.15, -0.1) is 11.5 Å². The molecular formula is C29H26Cl2F3N7O10S. The van der Waals surface area contributed by atoms with Crippen LogP contribution >= 0.6 is 23.2 Å². The van der Waals surface area contributed by atoms with E-state index in [1.165, 1.54) is 37.1 Å². The van der Waals surface area contributed by atoms with Gasteiger partial charge in [-0.1, -0.05) is 49.9 Å². The first kappa shape index (κ1) is 40.8. The molecule has 0 spiro atoms. The molecular weight excluding hydrogens is 766 g/mol. The highest BCUT2D eigenvalue weighted by atomic mass is 35.5. The number of carbonyl (C=O) groups is 2. The summed E-state index contributed by atoms with van der Waals surface area (Å²) in [5.41, 5.74) is -2.86. The fourth-order valence-electron chi connectivity index (χ4n) is 3.58. The number of alkyl halides is 3. The predicted molar refractivity (Wildman–Crippen MR) is 176 cm³/mol. The zero-order valence-corrected chi connectivity index (χ0v) is 29.7. The van der Waals surface area contributed by atoms with Crippen molar-refractivity contribution in [3.05, 3.63) is 68.1 Å². The van der Waals surface area contributed by atoms with Gasteiger partial charge in [-0.05, 0) is 18.2 Å². The lowest BCUT2D eigenvalue weighted by atomic mass is 9.97. The number of sulfonamides is 1. The molecule has 0 aliphatic rings. The summed E-state index contributed by atoms with van der Waals surface area (Å²) in [5.74, 6) is -0.173. The second-order valence-corrected chi connectivity index (χ2v) is 13.2. The van der Waals surface area contributed by atoms with Crippen molar-refractivity contribution >= 4 is 51.2 Å². The molecule has 0 saturated heterocycles. The van der Waals surface area contributed by atoms with E-state index in [0.29, 0.717) is 29.5 Å². The molecule has 52 heavy (non-hydrogen) atoms. The van der Waals surface area contributed by atoms with Gasteiger partial charge in [0.1, 0.15) is 18.1 Å². The molecule has 0 fully saturated rings. The minimum absolute atomic E-state index is 0.0434. The lowest BCUT2D eigenvalue weighted by molar-refractivity contribution is -0.141. The Hall–Kier alpha value is -5.59. The Morgan fingerprint density at radius 3 is 2.15 bits per heavy atom. The van der Waals surface area contributed by atoms with Gasteiger partial charge in [-0.2, -0.15) is 36.2 Å². The zero-order valence-electron chi connectivity index (χ0n) is 27.3. The first-order valence-electron chi connectivity index (χ1n) is 13.9. The number of methoxy groups -OCH3 is 2. The van der Waals surface area contributed by atoms with Gasteiger partial charge < -0.3 is 23.7 Å². The van der Waals surface area contributed by atoms with Crippen molar-refractivity contribution < 1.29 is 54.9 Å². The van der Waals surface area contributed by atoms with Crippen LogP contribution < -0.4 is 30.0 Å². The first-order valence-corrected chi connectivity index (χ1v) is 16.1. The number of anilines is 1. The van der Waals surface area contributed by atoms with Crippen molar-refractivity contribution in [1.82, 2.24) is 29.5 Å². The Labute approximate surface area is 302 Å². The molecule has 4 rings (SSSR count). The Morgan fingerprint density at radius 2 is 1.65 bits per heavy atom. The molecule has 3 heterocycles. The fourth-order valence-corrected chi connectivity index (χ4v) is 5.15. The molecule has 23 heteroatoms. The molecule has 3 N–H and O–H groups in total. The van der Waals surface area contributed by atoms with E-state index in [1.807, 2.05) is 26.1 Å². The molecule has 0 atom stereocenters. The number of pyridine rings is 1. The highest BCUT2D eigenvalue weighted by Gasteiger charge is 2.36. The minimum atomic E-state index is -5.14. The van der Waals surface area contributed by atoms with E-state index in [4.69, 9.17) is 53.4 Å². The van der Waals surface area contributed by atoms with Crippen molar-refractivity contribution in [1.29, 1.82) is 0 Å². The molecule has 1 aromatic carbocycles. The van der Waals surface area contributed by atoms with E-state index in [-0.39, 0.29) is 28.4 Å². The van der Waals surface area contributed by atoms with Crippen molar-refractivity contribution in [2.75, 3.05) is 26.1 Å². The summed E-state index contributed by atoms with van der Waals surface area (Å²) in [5, 5.41) is 14.1. The standard InChI is InChI=1S/C15H14Cl2N2O3.C14H12F3N5O7S/c1-5-6-21-12-8-11(9(16)7-10(12)17)19-14(20)22-13(18-19)15(2,3)4;1-28-8-5-9(29-2)20-12(19-8)21-13(25)22-30(26,27)10-6(11(23)24)3-4-7(18-10)14(15,16)17/h1,7-8H,6H2,2-4H3;3-5H,1-2H3,(H,23,24)(H2,19,20,21,22,25). The summed E-state index contributed by atoms with van der Waals surface area (Å²) in [6.45, 7) is 5.69. The number of hydrogen-bond donors (Lipinski definition) is 3. The van der Waals surface area contributed by atoms with E-state index in [0.717, 1.165) is 4.68 Å². The van der Waals surface area contributed by atoms with E-state index >= 15 is 0 Å². The third-order valence-corrected chi connectivity index (χ3v) is 7.79. The van der Waals surface area contributed by atoms with Crippen molar-refractivity contribution in [3.63, 3.8) is 0 Å². The monoisotopic (exact) mass is 791 g/mol. The lowest BCUT2D eigenvalue weighted by Crippen LogP contribution is -2.36. The molecule has 3 aromatic heterocycles. The maximum atomic E-state index is 12.8. The summed E-state index contributed by atoms with van der Waals surface area (Å²) in [6.07, 6.45) is 0.0932. The number of benzene rings is 1. The Kier molecular flexibility index (Phi) is 12.7. The minimum Gasteiger partial charge on any atom is -0.481 e. The maximum Gasteiger partial charge on any atom is 0.442 e. The third kappa shape index (κ3) is 10.2. The van der Waals surface area contributed by atoms with Crippen LogP contribution in [0.15, 0.2) is 44.6 Å². The molecule has 0 unspecified atom stereocenters. The number of aromatic nitrogens is 5. The molecule has 278 valence electrons. The number of halogens is 5. The summed E-state index contributed by atoms with van der Waals surface area (Å²) in [4.78, 5) is 45.4. The lowest BCUT2D eigenvalue weighted by Gasteiger charge is -2.12. The smallest absolute Gasteiger partial charge is 0.442 e. The SMILES string of the molecule is C#CCOc1cc(-n2nc(C(C)(C)C)oc2=O)c(Cl)cc1Cl.COc1cc(OC)nc(NC(=O)NS(=O)(=O)c2nc(C(F)(F)F)ccc2C(=O)O)n1. The van der Waals surface area contributed by atoms with E-state index in [2.05, 4.69) is 26.0 Å². The van der Waals surface area contributed by atoms with E-state index in [1.54, 1.807) is 0 Å². The average molecular weight is 793 g/mol. The van der Waals surface area contributed by atoms with Crippen LogP contribution in [0.1, 0.15) is 42.7 Å². The number of carboxylic acids is 1. The summed E-state index contributed by atoms with van der Waals surface area (Å²) in [6, 6.07) is 3.38. The number of rotatable bonds is 9. The number of hydrogen-bond acceptors (Lipinski definition) is 13. The van der Waals surface area contributed by atoms with Crippen LogP contribution in [0.4, 0.5) is 23.9 Å². The van der Waals surface area contributed by atoms with Gasteiger partial charge in [0.05, 0.1) is 41.6 Å². The number of ether oxygens (including phenoxy) is 3. The Bertz CT molecular complexity index is 2180. The summed E-state index contributed by atoms with van der Waals surface area (Å²) < 4.78 is 85.7. The number of amides is 2. The second kappa shape index (κ2) is 16.2. The normalized spacial score (nSPS) is 11.4. The van der Waals surface area contributed by atoms with Gasteiger partial charge in [0.2, 0.25) is 23.6 Å². The van der Waals surface area contributed by atoms with Crippen LogP contribution in [0, 0.1) is 12.3 Å². The Morgan fingerprint density at radius 1 is 1.04 bits per heavy atom.